The average molecular weight is 270 g/mol. The summed E-state index contributed by atoms with van der Waals surface area (Å²) in [5, 5.41) is 0. The van der Waals surface area contributed by atoms with Gasteiger partial charge in [0.25, 0.3) is 0 Å². The van der Waals surface area contributed by atoms with Crippen LogP contribution in [0.25, 0.3) is 0 Å². The van der Waals surface area contributed by atoms with Crippen LogP contribution in [-0.4, -0.2) is 0 Å². The van der Waals surface area contributed by atoms with Crippen molar-refractivity contribution in [1.82, 2.24) is 0 Å². The Labute approximate surface area is 122 Å². The van der Waals surface area contributed by atoms with Crippen molar-refractivity contribution in [1.29, 1.82) is 0 Å². The first-order valence-corrected chi connectivity index (χ1v) is 7.55. The molecule has 100 valence electrons. The first kappa shape index (κ1) is 14.2. The molecule has 0 N–H and O–H groups in total. The van der Waals surface area contributed by atoms with Crippen LogP contribution in [0.1, 0.15) is 43.7 Å². The number of benzene rings is 2. The molecule has 0 fully saturated rings. The van der Waals surface area contributed by atoms with Crippen molar-refractivity contribution in [3.63, 3.8) is 0 Å². The van der Waals surface area contributed by atoms with Gasteiger partial charge in [0.2, 0.25) is 0 Å². The third kappa shape index (κ3) is 3.42. The van der Waals surface area contributed by atoms with Gasteiger partial charge in [0.1, 0.15) is 0 Å². The summed E-state index contributed by atoms with van der Waals surface area (Å²) in [6, 6.07) is 21.3. The Morgan fingerprint density at radius 1 is 0.789 bits per heavy atom. The lowest BCUT2D eigenvalue weighted by Gasteiger charge is -2.30. The van der Waals surface area contributed by atoms with Crippen molar-refractivity contribution >= 4 is 12.6 Å². The Kier molecular flexibility index (Phi) is 5.09. The smallest absolute Gasteiger partial charge is 0.0626 e. The Hall–Kier alpha value is -1.21. The molecule has 0 aromatic heterocycles. The van der Waals surface area contributed by atoms with E-state index in [0.29, 0.717) is 0 Å². The highest BCUT2D eigenvalue weighted by molar-refractivity contribution is 7.81. The molecule has 0 bridgehead atoms. The highest BCUT2D eigenvalue weighted by Gasteiger charge is 2.29. The van der Waals surface area contributed by atoms with Gasteiger partial charge in [-0.25, -0.2) is 0 Å². The minimum atomic E-state index is -0.169. The molecule has 0 spiro atoms. The molecule has 0 aliphatic carbocycles. The second-order valence-corrected chi connectivity index (χ2v) is 5.81. The largest absolute Gasteiger partial charge is 0.163 e. The first-order chi connectivity index (χ1) is 9.27. The van der Waals surface area contributed by atoms with Crippen LogP contribution in [-0.2, 0) is 4.75 Å². The molecular weight excluding hydrogens is 248 g/mol. The summed E-state index contributed by atoms with van der Waals surface area (Å²) in [4.78, 5) is 0. The molecule has 0 aliphatic heterocycles. The van der Waals surface area contributed by atoms with Gasteiger partial charge in [0, 0.05) is 0 Å². The lowest BCUT2D eigenvalue weighted by molar-refractivity contribution is 0.588. The lowest BCUT2D eigenvalue weighted by Crippen LogP contribution is -2.20. The highest BCUT2D eigenvalue weighted by Crippen LogP contribution is 2.40. The van der Waals surface area contributed by atoms with Crippen molar-refractivity contribution in [3.8, 4) is 0 Å². The van der Waals surface area contributed by atoms with Gasteiger partial charge < -0.3 is 0 Å². The van der Waals surface area contributed by atoms with Gasteiger partial charge in [0.15, 0.2) is 0 Å². The molecule has 2 rings (SSSR count). The number of unbranched alkanes of at least 4 members (excludes halogenated alkanes) is 2. The van der Waals surface area contributed by atoms with Crippen molar-refractivity contribution < 1.29 is 0 Å². The van der Waals surface area contributed by atoms with Crippen LogP contribution < -0.4 is 0 Å². The zero-order valence-electron chi connectivity index (χ0n) is 11.5. The zero-order valence-corrected chi connectivity index (χ0v) is 12.4. The average Bonchev–Trinajstić information content (AvgIpc) is 2.49. The summed E-state index contributed by atoms with van der Waals surface area (Å²) in [5.41, 5.74) is 2.58. The molecule has 0 amide bonds. The Morgan fingerprint density at radius 3 is 1.68 bits per heavy atom. The summed E-state index contributed by atoms with van der Waals surface area (Å²) in [6.07, 6.45) is 4.80. The molecule has 2 aromatic rings. The molecular formula is C18H22S. The lowest BCUT2D eigenvalue weighted by atomic mass is 9.86. The van der Waals surface area contributed by atoms with Gasteiger partial charge >= 0.3 is 0 Å². The van der Waals surface area contributed by atoms with Gasteiger partial charge in [-0.3, -0.25) is 0 Å². The SMILES string of the molecule is CCCCCC(S)(c1ccccc1)c1ccccc1. The molecule has 0 unspecified atom stereocenters. The predicted octanol–water partition coefficient (Wildman–Crippen LogP) is 5.44. The summed E-state index contributed by atoms with van der Waals surface area (Å²) < 4.78 is -0.169. The summed E-state index contributed by atoms with van der Waals surface area (Å²) in [5.74, 6) is 0. The third-order valence-electron chi connectivity index (χ3n) is 3.64. The molecule has 0 atom stereocenters. The van der Waals surface area contributed by atoms with Crippen molar-refractivity contribution in [2.75, 3.05) is 0 Å². The van der Waals surface area contributed by atoms with Gasteiger partial charge in [-0.05, 0) is 17.5 Å². The van der Waals surface area contributed by atoms with E-state index in [2.05, 4.69) is 67.6 Å². The Bertz CT molecular complexity index is 436. The maximum absolute atomic E-state index is 5.07. The van der Waals surface area contributed by atoms with E-state index in [1.165, 1.54) is 30.4 Å². The van der Waals surface area contributed by atoms with E-state index >= 15 is 0 Å². The van der Waals surface area contributed by atoms with Crippen LogP contribution in [0.5, 0.6) is 0 Å². The molecule has 2 aromatic carbocycles. The molecule has 0 radical (unpaired) electrons. The van der Waals surface area contributed by atoms with Gasteiger partial charge in [0.05, 0.1) is 4.75 Å². The summed E-state index contributed by atoms with van der Waals surface area (Å²) in [7, 11) is 0. The van der Waals surface area contributed by atoms with Crippen LogP contribution >= 0.6 is 12.6 Å². The van der Waals surface area contributed by atoms with Crippen molar-refractivity contribution in [2.45, 2.75) is 37.4 Å². The third-order valence-corrected chi connectivity index (χ3v) is 4.38. The summed E-state index contributed by atoms with van der Waals surface area (Å²) >= 11 is 5.07. The van der Waals surface area contributed by atoms with E-state index in [9.17, 15) is 0 Å². The molecule has 0 heterocycles. The molecule has 0 aliphatic rings. The van der Waals surface area contributed by atoms with Crippen LogP contribution in [0.2, 0.25) is 0 Å². The number of hydrogen-bond donors (Lipinski definition) is 1. The van der Waals surface area contributed by atoms with E-state index in [-0.39, 0.29) is 4.75 Å². The van der Waals surface area contributed by atoms with Crippen molar-refractivity contribution in [2.24, 2.45) is 0 Å². The van der Waals surface area contributed by atoms with Gasteiger partial charge in [-0.2, -0.15) is 12.6 Å². The topological polar surface area (TPSA) is 0 Å². The molecule has 19 heavy (non-hydrogen) atoms. The Morgan fingerprint density at radius 2 is 1.26 bits per heavy atom. The Balaban J connectivity index is 2.33. The normalized spacial score (nSPS) is 11.5. The van der Waals surface area contributed by atoms with E-state index in [0.717, 1.165) is 6.42 Å². The number of thiol groups is 1. The van der Waals surface area contributed by atoms with Crippen LogP contribution in [0.4, 0.5) is 0 Å². The minimum Gasteiger partial charge on any atom is -0.163 e. The second-order valence-electron chi connectivity index (χ2n) is 5.05. The van der Waals surface area contributed by atoms with E-state index in [1.54, 1.807) is 0 Å². The molecule has 0 saturated heterocycles. The van der Waals surface area contributed by atoms with E-state index < -0.39 is 0 Å². The van der Waals surface area contributed by atoms with E-state index in [4.69, 9.17) is 12.6 Å². The minimum absolute atomic E-state index is 0.169. The van der Waals surface area contributed by atoms with Crippen LogP contribution in [0, 0.1) is 0 Å². The predicted molar refractivity (Wildman–Crippen MR) is 86.8 cm³/mol. The molecule has 0 nitrogen and oxygen atoms in total. The molecule has 0 saturated carbocycles. The van der Waals surface area contributed by atoms with E-state index in [1.807, 2.05) is 0 Å². The fourth-order valence-electron chi connectivity index (χ4n) is 2.51. The summed E-state index contributed by atoms with van der Waals surface area (Å²) in [6.45, 7) is 2.24. The fraction of sp³-hybridized carbons (Fsp3) is 0.333. The maximum Gasteiger partial charge on any atom is 0.0626 e. The standard InChI is InChI=1S/C18H22S/c1-2-3-10-15-18(19,16-11-6-4-7-12-16)17-13-8-5-9-14-17/h4-9,11-14,19H,2-3,10,15H2,1H3. The van der Waals surface area contributed by atoms with Crippen molar-refractivity contribution in [3.05, 3.63) is 71.8 Å². The second kappa shape index (κ2) is 6.81. The van der Waals surface area contributed by atoms with Gasteiger partial charge in [-0.15, -0.1) is 0 Å². The monoisotopic (exact) mass is 270 g/mol. The fourth-order valence-corrected chi connectivity index (χ4v) is 2.97. The zero-order chi connectivity index (χ0) is 13.6. The van der Waals surface area contributed by atoms with Crippen LogP contribution in [0.3, 0.4) is 0 Å². The number of rotatable bonds is 6. The van der Waals surface area contributed by atoms with Crippen LogP contribution in [0.15, 0.2) is 60.7 Å². The number of hydrogen-bond acceptors (Lipinski definition) is 1. The maximum atomic E-state index is 5.07. The quantitative estimate of drug-likeness (QED) is 0.524. The highest BCUT2D eigenvalue weighted by atomic mass is 32.1. The van der Waals surface area contributed by atoms with Gasteiger partial charge in [-0.1, -0.05) is 86.8 Å². The first-order valence-electron chi connectivity index (χ1n) is 7.11. The molecule has 1 heteroatoms.